The van der Waals surface area contributed by atoms with Gasteiger partial charge in [-0.3, -0.25) is 14.3 Å². The van der Waals surface area contributed by atoms with Crippen molar-refractivity contribution >= 4 is 61.4 Å². The summed E-state index contributed by atoms with van der Waals surface area (Å²) in [6, 6.07) is 15.4. The van der Waals surface area contributed by atoms with Crippen molar-refractivity contribution in [3.63, 3.8) is 0 Å². The lowest BCUT2D eigenvalue weighted by molar-refractivity contribution is -0.144. The second-order valence-corrected chi connectivity index (χ2v) is 9.91. The zero-order chi connectivity index (χ0) is 24.4. The molecule has 2 aromatic carbocycles. The van der Waals surface area contributed by atoms with E-state index in [2.05, 4.69) is 20.3 Å². The summed E-state index contributed by atoms with van der Waals surface area (Å²) in [6.07, 6.45) is 1.96. The smallest absolute Gasteiger partial charge is 0.306 e. The molecule has 0 radical (unpaired) electrons. The van der Waals surface area contributed by atoms with Crippen LogP contribution in [-0.4, -0.2) is 37.0 Å². The number of amides is 1. The lowest BCUT2D eigenvalue weighted by Crippen LogP contribution is -2.34. The van der Waals surface area contributed by atoms with Crippen LogP contribution in [0.15, 0.2) is 71.1 Å². The van der Waals surface area contributed by atoms with Crippen LogP contribution in [0.4, 0.5) is 10.8 Å². The zero-order valence-electron chi connectivity index (χ0n) is 17.9. The van der Waals surface area contributed by atoms with Crippen molar-refractivity contribution in [3.05, 3.63) is 71.7 Å². The molecule has 12 heteroatoms. The van der Waals surface area contributed by atoms with E-state index in [4.69, 9.17) is 17.0 Å². The number of ether oxygens (including phenoxy) is 1. The van der Waals surface area contributed by atoms with E-state index >= 15 is 0 Å². The molecule has 3 rings (SSSR count). The third kappa shape index (κ3) is 8.21. The Morgan fingerprint density at radius 1 is 1.03 bits per heavy atom. The number of rotatable bonds is 10. The number of anilines is 2. The van der Waals surface area contributed by atoms with Crippen molar-refractivity contribution < 1.29 is 22.7 Å². The molecule has 0 aliphatic heterocycles. The second kappa shape index (κ2) is 12.2. The van der Waals surface area contributed by atoms with Gasteiger partial charge >= 0.3 is 5.97 Å². The van der Waals surface area contributed by atoms with E-state index in [1.54, 1.807) is 5.38 Å². The highest BCUT2D eigenvalue weighted by Gasteiger charge is 2.15. The SMILES string of the molecule is O=C(CCC(=O)OCCc1ccccc1)NC(=S)Nc1ccc(S(=O)(=O)Nc2nccs2)cc1. The fourth-order valence-electron chi connectivity index (χ4n) is 2.73. The van der Waals surface area contributed by atoms with Crippen LogP contribution in [0, 0.1) is 0 Å². The van der Waals surface area contributed by atoms with E-state index in [1.807, 2.05) is 30.3 Å². The van der Waals surface area contributed by atoms with Gasteiger partial charge in [-0.15, -0.1) is 11.3 Å². The van der Waals surface area contributed by atoms with E-state index < -0.39 is 21.9 Å². The van der Waals surface area contributed by atoms with Gasteiger partial charge in [-0.2, -0.15) is 0 Å². The first kappa shape index (κ1) is 25.3. The summed E-state index contributed by atoms with van der Waals surface area (Å²) >= 11 is 6.27. The molecular weight excluding hydrogens is 496 g/mol. The van der Waals surface area contributed by atoms with Crippen molar-refractivity contribution in [3.8, 4) is 0 Å². The van der Waals surface area contributed by atoms with Crippen LogP contribution in [0.2, 0.25) is 0 Å². The van der Waals surface area contributed by atoms with Gasteiger partial charge in [-0.1, -0.05) is 30.3 Å². The molecule has 3 N–H and O–H groups in total. The van der Waals surface area contributed by atoms with Crippen LogP contribution < -0.4 is 15.4 Å². The number of esters is 1. The minimum absolute atomic E-state index is 0.0268. The van der Waals surface area contributed by atoms with Gasteiger partial charge in [0.2, 0.25) is 5.91 Å². The number of sulfonamides is 1. The van der Waals surface area contributed by atoms with Crippen molar-refractivity contribution in [1.82, 2.24) is 10.3 Å². The van der Waals surface area contributed by atoms with Gasteiger partial charge < -0.3 is 15.4 Å². The molecule has 0 atom stereocenters. The molecule has 9 nitrogen and oxygen atoms in total. The van der Waals surface area contributed by atoms with Gasteiger partial charge in [0.05, 0.1) is 17.9 Å². The average Bonchev–Trinajstić information content (AvgIpc) is 3.31. The Kier molecular flexibility index (Phi) is 9.08. The summed E-state index contributed by atoms with van der Waals surface area (Å²) in [4.78, 5) is 27.8. The van der Waals surface area contributed by atoms with E-state index in [0.717, 1.165) is 5.56 Å². The molecule has 0 aliphatic carbocycles. The Hall–Kier alpha value is -3.35. The molecule has 0 saturated heterocycles. The molecule has 1 aromatic heterocycles. The summed E-state index contributed by atoms with van der Waals surface area (Å²) in [7, 11) is -3.76. The quantitative estimate of drug-likeness (QED) is 0.276. The lowest BCUT2D eigenvalue weighted by atomic mass is 10.2. The molecule has 0 aliphatic rings. The second-order valence-electron chi connectivity index (χ2n) is 6.93. The number of nitrogens with one attached hydrogen (secondary N) is 3. The molecule has 0 bridgehead atoms. The van der Waals surface area contributed by atoms with E-state index in [9.17, 15) is 18.0 Å². The standard InChI is InChI=1S/C22H22N4O5S3/c27-19(10-11-20(28)31-14-12-16-4-2-1-3-5-16)25-21(32)24-17-6-8-18(9-7-17)34(29,30)26-22-23-13-15-33-22/h1-9,13,15H,10-12,14H2,(H,23,26)(H2,24,25,27,32). The number of thiocarbonyl (C=S) groups is 1. The lowest BCUT2D eigenvalue weighted by Gasteiger charge is -2.11. The van der Waals surface area contributed by atoms with E-state index in [-0.39, 0.29) is 34.6 Å². The van der Waals surface area contributed by atoms with Crippen molar-refractivity contribution in [2.24, 2.45) is 0 Å². The highest BCUT2D eigenvalue weighted by atomic mass is 32.2. The average molecular weight is 519 g/mol. The highest BCUT2D eigenvalue weighted by molar-refractivity contribution is 7.93. The van der Waals surface area contributed by atoms with Gasteiger partial charge in [0.25, 0.3) is 10.0 Å². The maximum absolute atomic E-state index is 12.4. The molecule has 1 heterocycles. The molecule has 0 fully saturated rings. The predicted molar refractivity (Wildman–Crippen MR) is 134 cm³/mol. The Morgan fingerprint density at radius 2 is 1.76 bits per heavy atom. The van der Waals surface area contributed by atoms with Gasteiger partial charge in [-0.25, -0.2) is 13.4 Å². The molecule has 34 heavy (non-hydrogen) atoms. The largest absolute Gasteiger partial charge is 0.465 e. The van der Waals surface area contributed by atoms with E-state index in [0.29, 0.717) is 12.1 Å². The Bertz CT molecular complexity index is 1220. The van der Waals surface area contributed by atoms with Crippen LogP contribution in [0.25, 0.3) is 0 Å². The van der Waals surface area contributed by atoms with Crippen LogP contribution in [-0.2, 0) is 30.8 Å². The first-order valence-corrected chi connectivity index (χ1v) is 12.9. The minimum Gasteiger partial charge on any atom is -0.465 e. The molecular formula is C22H22N4O5S3. The summed E-state index contributed by atoms with van der Waals surface area (Å²) in [5.41, 5.74) is 1.55. The number of benzene rings is 2. The number of thiazole rings is 1. The molecule has 0 unspecified atom stereocenters. The summed E-state index contributed by atoms with van der Waals surface area (Å²) < 4.78 is 32.2. The highest BCUT2D eigenvalue weighted by Crippen LogP contribution is 2.19. The summed E-state index contributed by atoms with van der Waals surface area (Å²) in [5, 5.41) is 7.23. The van der Waals surface area contributed by atoms with Gasteiger partial charge in [0.15, 0.2) is 10.2 Å². The fourth-order valence-corrected chi connectivity index (χ4v) is 4.75. The maximum Gasteiger partial charge on any atom is 0.306 e. The Morgan fingerprint density at radius 3 is 2.44 bits per heavy atom. The van der Waals surface area contributed by atoms with Crippen LogP contribution >= 0.6 is 23.6 Å². The minimum atomic E-state index is -3.76. The fraction of sp³-hybridized carbons (Fsp3) is 0.182. The molecule has 1 amide bonds. The van der Waals surface area contributed by atoms with Gasteiger partial charge in [0, 0.05) is 30.1 Å². The number of aromatic nitrogens is 1. The summed E-state index contributed by atoms with van der Waals surface area (Å²) in [6.45, 7) is 0.246. The topological polar surface area (TPSA) is 126 Å². The van der Waals surface area contributed by atoms with E-state index in [1.165, 1.54) is 41.8 Å². The molecule has 0 saturated carbocycles. The Labute approximate surface area is 206 Å². The number of hydrogen-bond donors (Lipinski definition) is 3. The number of carbonyl (C=O) groups excluding carboxylic acids is 2. The third-order valence-electron chi connectivity index (χ3n) is 4.38. The molecule has 0 spiro atoms. The monoisotopic (exact) mass is 518 g/mol. The molecule has 178 valence electrons. The van der Waals surface area contributed by atoms with Crippen molar-refractivity contribution in [2.45, 2.75) is 24.2 Å². The van der Waals surface area contributed by atoms with Gasteiger partial charge in [-0.05, 0) is 42.0 Å². The van der Waals surface area contributed by atoms with Crippen molar-refractivity contribution in [2.75, 3.05) is 16.6 Å². The number of hydrogen-bond acceptors (Lipinski definition) is 8. The number of nitrogens with zero attached hydrogens (tertiary/aromatic N) is 1. The van der Waals surface area contributed by atoms with Crippen molar-refractivity contribution in [1.29, 1.82) is 0 Å². The van der Waals surface area contributed by atoms with Crippen LogP contribution in [0.3, 0.4) is 0 Å². The Balaban J connectivity index is 1.38. The maximum atomic E-state index is 12.4. The van der Waals surface area contributed by atoms with Gasteiger partial charge in [0.1, 0.15) is 0 Å². The number of carbonyl (C=O) groups is 2. The third-order valence-corrected chi connectivity index (χ3v) is 6.76. The van der Waals surface area contributed by atoms with Crippen LogP contribution in [0.1, 0.15) is 18.4 Å². The predicted octanol–water partition coefficient (Wildman–Crippen LogP) is 3.32. The van der Waals surface area contributed by atoms with Crippen LogP contribution in [0.5, 0.6) is 0 Å². The molecule has 3 aromatic rings. The normalized spacial score (nSPS) is 10.8. The first-order chi connectivity index (χ1) is 16.3. The first-order valence-electron chi connectivity index (χ1n) is 10.1. The summed E-state index contributed by atoms with van der Waals surface area (Å²) in [5.74, 6) is -0.905. The zero-order valence-corrected chi connectivity index (χ0v) is 20.3.